The summed E-state index contributed by atoms with van der Waals surface area (Å²) in [6, 6.07) is 8.30. The van der Waals surface area contributed by atoms with Crippen molar-refractivity contribution in [1.82, 2.24) is 4.98 Å². The van der Waals surface area contributed by atoms with E-state index in [1.54, 1.807) is 11.3 Å². The molecule has 1 aromatic carbocycles. The summed E-state index contributed by atoms with van der Waals surface area (Å²) < 4.78 is 1.10. The van der Waals surface area contributed by atoms with Gasteiger partial charge >= 0.3 is 0 Å². The summed E-state index contributed by atoms with van der Waals surface area (Å²) in [4.78, 5) is 4.70. The van der Waals surface area contributed by atoms with Crippen molar-refractivity contribution < 1.29 is 0 Å². The van der Waals surface area contributed by atoms with Gasteiger partial charge in [0.05, 0.1) is 10.7 Å². The molecule has 0 saturated heterocycles. The van der Waals surface area contributed by atoms with Crippen molar-refractivity contribution in [3.63, 3.8) is 0 Å². The van der Waals surface area contributed by atoms with E-state index in [1.807, 2.05) is 0 Å². The van der Waals surface area contributed by atoms with E-state index in [0.717, 1.165) is 16.6 Å². The van der Waals surface area contributed by atoms with Gasteiger partial charge in [-0.1, -0.05) is 48.8 Å². The molecule has 2 rings (SSSR count). The number of aromatic nitrogens is 1. The Bertz CT molecular complexity index is 494. The first kappa shape index (κ1) is 12.8. The second-order valence-electron chi connectivity index (χ2n) is 5.37. The fourth-order valence-corrected chi connectivity index (χ4v) is 2.97. The van der Waals surface area contributed by atoms with E-state index in [0.29, 0.717) is 5.41 Å². The van der Waals surface area contributed by atoms with Gasteiger partial charge in [0, 0.05) is 21.8 Å². The highest BCUT2D eigenvalue weighted by Crippen LogP contribution is 2.27. The van der Waals surface area contributed by atoms with Crippen LogP contribution in [0.4, 0.5) is 0 Å². The zero-order valence-electron chi connectivity index (χ0n) is 10.3. The molecule has 0 radical (unpaired) electrons. The molecule has 0 bridgehead atoms. The molecule has 17 heavy (non-hydrogen) atoms. The molecular weight excluding hydrogens is 294 g/mol. The van der Waals surface area contributed by atoms with Crippen molar-refractivity contribution in [2.75, 3.05) is 0 Å². The molecule has 0 saturated carbocycles. The monoisotopic (exact) mass is 309 g/mol. The first-order valence-electron chi connectivity index (χ1n) is 5.64. The van der Waals surface area contributed by atoms with Crippen LogP contribution in [0.2, 0.25) is 0 Å². The van der Waals surface area contributed by atoms with Crippen molar-refractivity contribution in [1.29, 1.82) is 0 Å². The molecule has 2 aromatic rings. The number of hydrogen-bond donors (Lipinski definition) is 0. The number of rotatable bonds is 2. The van der Waals surface area contributed by atoms with Gasteiger partial charge < -0.3 is 0 Å². The van der Waals surface area contributed by atoms with Gasteiger partial charge in [0.15, 0.2) is 0 Å². The van der Waals surface area contributed by atoms with Crippen LogP contribution < -0.4 is 0 Å². The molecule has 0 fully saturated rings. The molecular formula is C14H16BrNS. The Morgan fingerprint density at radius 3 is 2.41 bits per heavy atom. The number of thiazole rings is 1. The topological polar surface area (TPSA) is 12.9 Å². The van der Waals surface area contributed by atoms with Gasteiger partial charge in [-0.05, 0) is 17.5 Å². The van der Waals surface area contributed by atoms with Gasteiger partial charge in [0.2, 0.25) is 0 Å². The van der Waals surface area contributed by atoms with Crippen LogP contribution in [-0.4, -0.2) is 4.98 Å². The minimum Gasteiger partial charge on any atom is -0.241 e. The Labute approximate surface area is 115 Å². The molecule has 0 aliphatic heterocycles. The van der Waals surface area contributed by atoms with E-state index >= 15 is 0 Å². The fraction of sp³-hybridized carbons (Fsp3) is 0.357. The van der Waals surface area contributed by atoms with Crippen LogP contribution in [0.3, 0.4) is 0 Å². The molecule has 0 atom stereocenters. The zero-order chi connectivity index (χ0) is 12.5. The van der Waals surface area contributed by atoms with Gasteiger partial charge in [0.1, 0.15) is 0 Å². The Balaban J connectivity index is 2.21. The SMILES string of the molecule is CC(C)(C)Cc1nc(-c2ccc(Br)cc2)cs1. The zero-order valence-corrected chi connectivity index (χ0v) is 12.7. The molecule has 1 heterocycles. The molecule has 0 amide bonds. The minimum atomic E-state index is 0.300. The van der Waals surface area contributed by atoms with Crippen LogP contribution in [0, 0.1) is 5.41 Å². The third-order valence-electron chi connectivity index (χ3n) is 2.37. The maximum Gasteiger partial charge on any atom is 0.0937 e. The average molecular weight is 310 g/mol. The second-order valence-corrected chi connectivity index (χ2v) is 7.23. The first-order chi connectivity index (χ1) is 7.94. The Morgan fingerprint density at radius 2 is 1.82 bits per heavy atom. The normalized spacial score (nSPS) is 11.8. The maximum absolute atomic E-state index is 4.70. The van der Waals surface area contributed by atoms with Gasteiger partial charge in [-0.15, -0.1) is 11.3 Å². The van der Waals surface area contributed by atoms with E-state index < -0.39 is 0 Å². The van der Waals surface area contributed by atoms with E-state index in [2.05, 4.69) is 66.3 Å². The van der Waals surface area contributed by atoms with Gasteiger partial charge in [-0.2, -0.15) is 0 Å². The van der Waals surface area contributed by atoms with Crippen LogP contribution in [0.25, 0.3) is 11.3 Å². The highest BCUT2D eigenvalue weighted by molar-refractivity contribution is 9.10. The molecule has 1 nitrogen and oxygen atoms in total. The van der Waals surface area contributed by atoms with E-state index in [-0.39, 0.29) is 0 Å². The third kappa shape index (κ3) is 3.65. The van der Waals surface area contributed by atoms with Crippen LogP contribution in [0.1, 0.15) is 25.8 Å². The first-order valence-corrected chi connectivity index (χ1v) is 7.32. The quantitative estimate of drug-likeness (QED) is 0.746. The lowest BCUT2D eigenvalue weighted by molar-refractivity contribution is 0.410. The average Bonchev–Trinajstić information content (AvgIpc) is 2.64. The summed E-state index contributed by atoms with van der Waals surface area (Å²) in [6.07, 6.45) is 1.04. The number of hydrogen-bond acceptors (Lipinski definition) is 2. The van der Waals surface area contributed by atoms with Crippen LogP contribution >= 0.6 is 27.3 Å². The molecule has 0 aliphatic rings. The highest BCUT2D eigenvalue weighted by Gasteiger charge is 2.14. The lowest BCUT2D eigenvalue weighted by Crippen LogP contribution is -2.08. The molecule has 3 heteroatoms. The lowest BCUT2D eigenvalue weighted by atomic mass is 9.93. The van der Waals surface area contributed by atoms with Crippen LogP contribution in [-0.2, 0) is 6.42 Å². The molecule has 90 valence electrons. The number of benzene rings is 1. The molecule has 0 spiro atoms. The Hall–Kier alpha value is -0.670. The maximum atomic E-state index is 4.70. The summed E-state index contributed by atoms with van der Waals surface area (Å²) >= 11 is 5.20. The predicted octanol–water partition coefficient (Wildman–Crippen LogP) is 5.16. The van der Waals surface area contributed by atoms with E-state index in [1.165, 1.54) is 10.6 Å². The van der Waals surface area contributed by atoms with Crippen molar-refractivity contribution >= 4 is 27.3 Å². The predicted molar refractivity (Wildman–Crippen MR) is 78.4 cm³/mol. The van der Waals surface area contributed by atoms with E-state index in [9.17, 15) is 0 Å². The fourth-order valence-electron chi connectivity index (χ4n) is 1.60. The van der Waals surface area contributed by atoms with Crippen molar-refractivity contribution in [2.45, 2.75) is 27.2 Å². The molecule has 0 unspecified atom stereocenters. The van der Waals surface area contributed by atoms with E-state index in [4.69, 9.17) is 4.98 Å². The smallest absolute Gasteiger partial charge is 0.0937 e. The Kier molecular flexibility index (Phi) is 3.69. The number of halogens is 1. The summed E-state index contributed by atoms with van der Waals surface area (Å²) in [7, 11) is 0. The van der Waals surface area contributed by atoms with Crippen LogP contribution in [0.5, 0.6) is 0 Å². The summed E-state index contributed by atoms with van der Waals surface area (Å²) in [5.41, 5.74) is 2.57. The lowest BCUT2D eigenvalue weighted by Gasteiger charge is -2.15. The minimum absolute atomic E-state index is 0.300. The Morgan fingerprint density at radius 1 is 1.18 bits per heavy atom. The largest absolute Gasteiger partial charge is 0.241 e. The molecule has 0 aliphatic carbocycles. The third-order valence-corrected chi connectivity index (χ3v) is 3.75. The van der Waals surface area contributed by atoms with Crippen LogP contribution in [0.15, 0.2) is 34.1 Å². The molecule has 1 aromatic heterocycles. The molecule has 0 N–H and O–H groups in total. The van der Waals surface area contributed by atoms with Gasteiger partial charge in [-0.25, -0.2) is 4.98 Å². The van der Waals surface area contributed by atoms with Crippen molar-refractivity contribution in [3.05, 3.63) is 39.1 Å². The number of nitrogens with zero attached hydrogens (tertiary/aromatic N) is 1. The summed E-state index contributed by atoms with van der Waals surface area (Å²) in [6.45, 7) is 6.73. The van der Waals surface area contributed by atoms with Gasteiger partial charge in [0.25, 0.3) is 0 Å². The van der Waals surface area contributed by atoms with Gasteiger partial charge in [-0.3, -0.25) is 0 Å². The second kappa shape index (κ2) is 4.91. The summed E-state index contributed by atoms with van der Waals surface area (Å²) in [5.74, 6) is 0. The van der Waals surface area contributed by atoms with Crippen molar-refractivity contribution in [2.24, 2.45) is 5.41 Å². The summed E-state index contributed by atoms with van der Waals surface area (Å²) in [5, 5.41) is 3.36. The standard InChI is InChI=1S/C14H16BrNS/c1-14(2,3)8-13-16-12(9-17-13)10-4-6-11(15)7-5-10/h4-7,9H,8H2,1-3H3. The highest BCUT2D eigenvalue weighted by atomic mass is 79.9. The van der Waals surface area contributed by atoms with Crippen molar-refractivity contribution in [3.8, 4) is 11.3 Å².